The Kier molecular flexibility index (Phi) is 5.83. The molecule has 5 heteroatoms. The molecule has 1 N–H and O–H groups in total. The Morgan fingerprint density at radius 3 is 2.32 bits per heavy atom. The van der Waals surface area contributed by atoms with Crippen LogP contribution in [0.3, 0.4) is 0 Å². The second-order valence-electron chi connectivity index (χ2n) is 4.78. The van der Waals surface area contributed by atoms with Crippen molar-refractivity contribution in [3.63, 3.8) is 0 Å². The topological polar surface area (TPSA) is 49.4 Å². The highest BCUT2D eigenvalue weighted by Gasteiger charge is 2.15. The van der Waals surface area contributed by atoms with Crippen LogP contribution in [0.15, 0.2) is 24.3 Å². The minimum atomic E-state index is -0.179. The van der Waals surface area contributed by atoms with E-state index in [-0.39, 0.29) is 18.4 Å². The first-order valence-corrected chi connectivity index (χ1v) is 6.58. The molecule has 0 aliphatic heterocycles. The number of halogens is 1. The maximum absolute atomic E-state index is 11.8. The summed E-state index contributed by atoms with van der Waals surface area (Å²) in [5.41, 5.74) is 0.664. The van der Waals surface area contributed by atoms with Crippen LogP contribution < -0.4 is 10.2 Å². The van der Waals surface area contributed by atoms with Crippen LogP contribution in [0.4, 0.5) is 5.69 Å². The van der Waals surface area contributed by atoms with Crippen LogP contribution in [0.25, 0.3) is 0 Å². The number of carbonyl (C=O) groups excluding carboxylic acids is 2. The second kappa shape index (κ2) is 7.14. The number of hydrogen-bond acceptors (Lipinski definition) is 2. The summed E-state index contributed by atoms with van der Waals surface area (Å²) < 4.78 is 0. The molecule has 4 nitrogen and oxygen atoms in total. The summed E-state index contributed by atoms with van der Waals surface area (Å²) in [6, 6.07) is 6.83. The maximum Gasteiger partial charge on any atom is 0.240 e. The second-order valence-corrected chi connectivity index (χ2v) is 5.22. The van der Waals surface area contributed by atoms with Crippen molar-refractivity contribution in [1.82, 2.24) is 5.32 Å². The fourth-order valence-electron chi connectivity index (χ4n) is 1.52. The zero-order valence-electron chi connectivity index (χ0n) is 11.4. The van der Waals surface area contributed by atoms with Gasteiger partial charge in [0.2, 0.25) is 11.8 Å². The third-order valence-corrected chi connectivity index (χ3v) is 2.78. The smallest absolute Gasteiger partial charge is 0.240 e. The van der Waals surface area contributed by atoms with E-state index in [1.165, 1.54) is 11.8 Å². The van der Waals surface area contributed by atoms with Gasteiger partial charge in [0.1, 0.15) is 6.54 Å². The van der Waals surface area contributed by atoms with Gasteiger partial charge in [-0.05, 0) is 30.2 Å². The van der Waals surface area contributed by atoms with Crippen LogP contribution >= 0.6 is 11.6 Å². The van der Waals surface area contributed by atoms with E-state index in [2.05, 4.69) is 5.32 Å². The molecule has 0 heterocycles. The lowest BCUT2D eigenvalue weighted by atomic mass is 10.2. The van der Waals surface area contributed by atoms with Crippen molar-refractivity contribution < 1.29 is 9.59 Å². The highest BCUT2D eigenvalue weighted by atomic mass is 35.5. The molecule has 2 amide bonds. The van der Waals surface area contributed by atoms with E-state index >= 15 is 0 Å². The number of carbonyl (C=O) groups is 2. The van der Waals surface area contributed by atoms with Gasteiger partial charge in [-0.2, -0.15) is 0 Å². The molecule has 0 saturated heterocycles. The van der Waals surface area contributed by atoms with E-state index < -0.39 is 0 Å². The van der Waals surface area contributed by atoms with E-state index in [1.54, 1.807) is 24.3 Å². The standard InChI is InChI=1S/C14H19ClN2O2/c1-10(2)8-16-14(19)9-17(11(3)18)13-6-4-12(15)5-7-13/h4-7,10H,8-9H2,1-3H3,(H,16,19). The van der Waals surface area contributed by atoms with Crippen molar-refractivity contribution in [2.75, 3.05) is 18.0 Å². The molecule has 1 rings (SSSR count). The van der Waals surface area contributed by atoms with Crippen LogP contribution in [0, 0.1) is 5.92 Å². The third kappa shape index (κ3) is 5.30. The molecule has 19 heavy (non-hydrogen) atoms. The lowest BCUT2D eigenvalue weighted by molar-refractivity contribution is -0.123. The lowest BCUT2D eigenvalue weighted by Gasteiger charge is -2.21. The highest BCUT2D eigenvalue weighted by molar-refractivity contribution is 6.30. The average molecular weight is 283 g/mol. The number of hydrogen-bond donors (Lipinski definition) is 1. The van der Waals surface area contributed by atoms with Crippen LogP contribution in [0.5, 0.6) is 0 Å². The van der Waals surface area contributed by atoms with Crippen molar-refractivity contribution in [2.45, 2.75) is 20.8 Å². The molecule has 1 aromatic rings. The minimum Gasteiger partial charge on any atom is -0.354 e. The van der Waals surface area contributed by atoms with Crippen molar-refractivity contribution in [3.05, 3.63) is 29.3 Å². The van der Waals surface area contributed by atoms with Gasteiger partial charge in [-0.3, -0.25) is 9.59 Å². The molecule has 1 aromatic carbocycles. The number of nitrogens with zero attached hydrogens (tertiary/aromatic N) is 1. The van der Waals surface area contributed by atoms with E-state index in [4.69, 9.17) is 11.6 Å². The predicted molar refractivity (Wildman–Crippen MR) is 77.3 cm³/mol. The molecular weight excluding hydrogens is 264 g/mol. The van der Waals surface area contributed by atoms with Gasteiger partial charge in [-0.25, -0.2) is 0 Å². The Hall–Kier alpha value is -1.55. The molecule has 0 spiro atoms. The normalized spacial score (nSPS) is 10.4. The van der Waals surface area contributed by atoms with Gasteiger partial charge >= 0.3 is 0 Å². The summed E-state index contributed by atoms with van der Waals surface area (Å²) >= 11 is 5.80. The summed E-state index contributed by atoms with van der Waals surface area (Å²) in [4.78, 5) is 24.8. The van der Waals surface area contributed by atoms with Gasteiger partial charge in [0.15, 0.2) is 0 Å². The van der Waals surface area contributed by atoms with Crippen LogP contribution in [-0.4, -0.2) is 24.9 Å². The number of amides is 2. The van der Waals surface area contributed by atoms with Gasteiger partial charge in [0.25, 0.3) is 0 Å². The Bertz CT molecular complexity index is 443. The Balaban J connectivity index is 2.71. The zero-order chi connectivity index (χ0) is 14.4. The SMILES string of the molecule is CC(=O)N(CC(=O)NCC(C)C)c1ccc(Cl)cc1. The molecule has 0 aliphatic carbocycles. The van der Waals surface area contributed by atoms with Crippen LogP contribution in [0.2, 0.25) is 5.02 Å². The largest absolute Gasteiger partial charge is 0.354 e. The molecule has 104 valence electrons. The summed E-state index contributed by atoms with van der Waals surface area (Å²) in [7, 11) is 0. The quantitative estimate of drug-likeness (QED) is 0.902. The van der Waals surface area contributed by atoms with Gasteiger partial charge in [-0.1, -0.05) is 25.4 Å². The van der Waals surface area contributed by atoms with E-state index in [9.17, 15) is 9.59 Å². The fraction of sp³-hybridized carbons (Fsp3) is 0.429. The molecule has 0 saturated carbocycles. The first-order chi connectivity index (χ1) is 8.90. The Morgan fingerprint density at radius 2 is 1.84 bits per heavy atom. The monoisotopic (exact) mass is 282 g/mol. The molecule has 0 radical (unpaired) electrons. The molecule has 0 aliphatic rings. The van der Waals surface area contributed by atoms with Crippen LogP contribution in [0.1, 0.15) is 20.8 Å². The number of benzene rings is 1. The lowest BCUT2D eigenvalue weighted by Crippen LogP contribution is -2.40. The molecule has 0 unspecified atom stereocenters. The van der Waals surface area contributed by atoms with E-state index in [0.717, 1.165) is 0 Å². The average Bonchev–Trinajstić information content (AvgIpc) is 2.34. The number of rotatable bonds is 5. The Morgan fingerprint density at radius 1 is 1.26 bits per heavy atom. The van der Waals surface area contributed by atoms with Crippen molar-refractivity contribution >= 4 is 29.1 Å². The Labute approximate surface area is 118 Å². The van der Waals surface area contributed by atoms with E-state index in [0.29, 0.717) is 23.2 Å². The fourth-order valence-corrected chi connectivity index (χ4v) is 1.65. The van der Waals surface area contributed by atoms with Gasteiger partial charge in [0, 0.05) is 24.2 Å². The summed E-state index contributed by atoms with van der Waals surface area (Å²) in [6.45, 7) is 6.09. The zero-order valence-corrected chi connectivity index (χ0v) is 12.2. The van der Waals surface area contributed by atoms with Crippen molar-refractivity contribution in [3.8, 4) is 0 Å². The summed E-state index contributed by atoms with van der Waals surface area (Å²) in [6.07, 6.45) is 0. The summed E-state index contributed by atoms with van der Waals surface area (Å²) in [5, 5.41) is 3.38. The highest BCUT2D eigenvalue weighted by Crippen LogP contribution is 2.17. The number of nitrogens with one attached hydrogen (secondary N) is 1. The van der Waals surface area contributed by atoms with Crippen molar-refractivity contribution in [1.29, 1.82) is 0 Å². The molecule has 0 fully saturated rings. The van der Waals surface area contributed by atoms with Crippen LogP contribution in [-0.2, 0) is 9.59 Å². The first-order valence-electron chi connectivity index (χ1n) is 6.20. The maximum atomic E-state index is 11.8. The van der Waals surface area contributed by atoms with Gasteiger partial charge < -0.3 is 10.2 Å². The van der Waals surface area contributed by atoms with Crippen molar-refractivity contribution in [2.24, 2.45) is 5.92 Å². The van der Waals surface area contributed by atoms with E-state index in [1.807, 2.05) is 13.8 Å². The first kappa shape index (κ1) is 15.5. The molecule has 0 bridgehead atoms. The third-order valence-electron chi connectivity index (χ3n) is 2.53. The van der Waals surface area contributed by atoms with Gasteiger partial charge in [0.05, 0.1) is 0 Å². The molecule has 0 aromatic heterocycles. The molecular formula is C14H19ClN2O2. The predicted octanol–water partition coefficient (Wildman–Crippen LogP) is 2.47. The molecule has 0 atom stereocenters. The van der Waals surface area contributed by atoms with Gasteiger partial charge in [-0.15, -0.1) is 0 Å². The summed E-state index contributed by atoms with van der Waals surface area (Å²) in [5.74, 6) is 0.0335. The number of anilines is 1. The minimum absolute atomic E-state index is 0.0175.